The first-order chi connectivity index (χ1) is 18.8. The van der Waals surface area contributed by atoms with Crippen molar-refractivity contribution in [1.29, 1.82) is 0 Å². The Kier molecular flexibility index (Phi) is 6.99. The average Bonchev–Trinajstić information content (AvgIpc) is 3.32. The van der Waals surface area contributed by atoms with Crippen molar-refractivity contribution in [2.75, 3.05) is 32.7 Å². The van der Waals surface area contributed by atoms with Crippen molar-refractivity contribution in [3.8, 4) is 0 Å². The van der Waals surface area contributed by atoms with Crippen molar-refractivity contribution in [3.63, 3.8) is 0 Å². The van der Waals surface area contributed by atoms with Crippen molar-refractivity contribution in [2.24, 2.45) is 56.7 Å². The van der Waals surface area contributed by atoms with Gasteiger partial charge in [-0.2, -0.15) is 0 Å². The highest BCUT2D eigenvalue weighted by Crippen LogP contribution is 2.77. The van der Waals surface area contributed by atoms with Crippen LogP contribution in [0.5, 0.6) is 0 Å². The zero-order valence-corrected chi connectivity index (χ0v) is 27.0. The van der Waals surface area contributed by atoms with Crippen LogP contribution in [0.4, 0.5) is 0 Å². The molecule has 0 aromatic heterocycles. The summed E-state index contributed by atoms with van der Waals surface area (Å²) >= 11 is 0. The number of aliphatic hydroxyl groups excluding tert-OH is 1. The Bertz CT molecular complexity index is 1030. The van der Waals surface area contributed by atoms with Crippen LogP contribution in [-0.2, 0) is 4.79 Å². The normalized spacial score (nSPS) is 50.4. The Hall–Kier alpha value is -0.870. The molecule has 6 rings (SSSR count). The zero-order valence-electron chi connectivity index (χ0n) is 27.0. The molecule has 40 heavy (non-hydrogen) atoms. The van der Waals surface area contributed by atoms with Gasteiger partial charge in [-0.3, -0.25) is 4.79 Å². The second-order valence-corrected chi connectivity index (χ2v) is 16.9. The molecule has 1 aliphatic heterocycles. The van der Waals surface area contributed by atoms with E-state index < -0.39 is 0 Å². The van der Waals surface area contributed by atoms with Gasteiger partial charge in [-0.25, -0.2) is 0 Å². The highest BCUT2D eigenvalue weighted by Gasteiger charge is 2.72. The number of hydrogen-bond acceptors (Lipinski definition) is 3. The number of nitrogens with zero attached hydrogens (tertiary/aromatic N) is 2. The smallest absolute Gasteiger partial charge is 0.229 e. The van der Waals surface area contributed by atoms with Crippen LogP contribution in [0.2, 0.25) is 0 Å². The number of fused-ring (bicyclic) bond motifs is 7. The van der Waals surface area contributed by atoms with Gasteiger partial charge < -0.3 is 14.9 Å². The minimum absolute atomic E-state index is 0.00147. The predicted molar refractivity (Wildman–Crippen MR) is 164 cm³/mol. The zero-order chi connectivity index (χ0) is 28.9. The first-order valence-electron chi connectivity index (χ1n) is 17.1. The lowest BCUT2D eigenvalue weighted by Crippen LogP contribution is -2.67. The Labute approximate surface area is 245 Å². The van der Waals surface area contributed by atoms with Crippen LogP contribution in [-0.4, -0.2) is 59.6 Å². The molecule has 1 saturated heterocycles. The summed E-state index contributed by atoms with van der Waals surface area (Å²) in [5, 5.41) is 11.0. The van der Waals surface area contributed by atoms with E-state index in [4.69, 9.17) is 0 Å². The van der Waals surface area contributed by atoms with E-state index in [0.29, 0.717) is 46.3 Å². The molecule has 4 heteroatoms. The number of rotatable bonds is 3. The third-order valence-corrected chi connectivity index (χ3v) is 15.6. The topological polar surface area (TPSA) is 43.8 Å². The van der Waals surface area contributed by atoms with E-state index in [1.165, 1.54) is 44.1 Å². The van der Waals surface area contributed by atoms with Gasteiger partial charge in [0.2, 0.25) is 5.91 Å². The quantitative estimate of drug-likeness (QED) is 0.378. The summed E-state index contributed by atoms with van der Waals surface area (Å²) in [6.45, 7) is 26.7. The van der Waals surface area contributed by atoms with E-state index in [1.54, 1.807) is 0 Å². The minimum atomic E-state index is -0.177. The van der Waals surface area contributed by atoms with Crippen LogP contribution in [0.3, 0.4) is 0 Å². The van der Waals surface area contributed by atoms with E-state index in [-0.39, 0.29) is 22.3 Å². The summed E-state index contributed by atoms with van der Waals surface area (Å²) in [6, 6.07) is 0. The summed E-state index contributed by atoms with van der Waals surface area (Å²) in [6.07, 6.45) is 11.6. The number of aliphatic hydroxyl groups is 1. The van der Waals surface area contributed by atoms with E-state index in [1.807, 2.05) is 0 Å². The van der Waals surface area contributed by atoms with Gasteiger partial charge >= 0.3 is 0 Å². The van der Waals surface area contributed by atoms with Crippen LogP contribution in [0.15, 0.2) is 12.2 Å². The van der Waals surface area contributed by atoms with Gasteiger partial charge in [-0.1, -0.05) is 53.7 Å². The standard InChI is InChI=1S/C36H60N2O2/c1-9-37-20-22-38(23-21-37)31(40)36-17-12-25(24(2)3)30(36)26-10-11-28-33(6)15-14-29(39)32(4,5)27(33)13-16-35(28,8)34(26,7)18-19-36/h25-30,39H,2,9-23H2,1,3-8H3/t25?,26-,27+,28-,29+,30?,33+,34-,35-,36+/m1/s1. The molecule has 6 fully saturated rings. The third kappa shape index (κ3) is 3.72. The summed E-state index contributed by atoms with van der Waals surface area (Å²) in [5.41, 5.74) is 2.00. The monoisotopic (exact) mass is 552 g/mol. The second kappa shape index (κ2) is 9.57. The molecule has 4 nitrogen and oxygen atoms in total. The molecule has 2 unspecified atom stereocenters. The summed E-state index contributed by atoms with van der Waals surface area (Å²) < 4.78 is 0. The molecule has 0 aromatic carbocycles. The number of amides is 1. The first kappa shape index (κ1) is 29.2. The number of piperazine rings is 1. The van der Waals surface area contributed by atoms with Crippen LogP contribution in [0, 0.1) is 56.7 Å². The van der Waals surface area contributed by atoms with Gasteiger partial charge in [0.25, 0.3) is 0 Å². The lowest BCUT2D eigenvalue weighted by molar-refractivity contribution is -0.247. The lowest BCUT2D eigenvalue weighted by atomic mass is 9.32. The summed E-state index contributed by atoms with van der Waals surface area (Å²) in [5.74, 6) is 3.36. The van der Waals surface area contributed by atoms with Gasteiger partial charge in [0, 0.05) is 26.2 Å². The SMILES string of the molecule is C=C(C)C1CC[C@]2(C(=O)N3CCN(CC)CC3)CC[C@]3(C)[C@H](CC[C@@H]4[C@@]5(C)CC[C@H](O)C(C)(C)[C@@H]5CC[C@]43C)C12. The molecule has 0 radical (unpaired) electrons. The molecule has 0 bridgehead atoms. The molecule has 1 amide bonds. The minimum Gasteiger partial charge on any atom is -0.393 e. The summed E-state index contributed by atoms with van der Waals surface area (Å²) in [4.78, 5) is 19.4. The maximum atomic E-state index is 14.7. The van der Waals surface area contributed by atoms with Gasteiger partial charge in [0.15, 0.2) is 0 Å². The number of likely N-dealkylation sites (N-methyl/N-ethyl adjacent to an activating group) is 1. The molecule has 0 spiro atoms. The maximum absolute atomic E-state index is 14.7. The number of allylic oxidation sites excluding steroid dienone is 1. The van der Waals surface area contributed by atoms with E-state index in [9.17, 15) is 9.90 Å². The Morgan fingerprint density at radius 1 is 0.825 bits per heavy atom. The van der Waals surface area contributed by atoms with Crippen LogP contribution in [0.1, 0.15) is 113 Å². The van der Waals surface area contributed by atoms with Crippen molar-refractivity contribution in [1.82, 2.24) is 9.80 Å². The molecule has 5 saturated carbocycles. The van der Waals surface area contributed by atoms with E-state index in [2.05, 4.69) is 64.8 Å². The van der Waals surface area contributed by atoms with Crippen LogP contribution >= 0.6 is 0 Å². The van der Waals surface area contributed by atoms with Crippen LogP contribution in [0.25, 0.3) is 0 Å². The fourth-order valence-corrected chi connectivity index (χ4v) is 13.1. The van der Waals surface area contributed by atoms with Crippen molar-refractivity contribution >= 4 is 5.91 Å². The fraction of sp³-hybridized carbons (Fsp3) is 0.917. The second-order valence-electron chi connectivity index (χ2n) is 16.9. The van der Waals surface area contributed by atoms with E-state index >= 15 is 0 Å². The largest absolute Gasteiger partial charge is 0.393 e. The number of hydrogen-bond donors (Lipinski definition) is 1. The Balaban J connectivity index is 1.35. The lowest BCUT2D eigenvalue weighted by Gasteiger charge is -2.73. The Morgan fingerprint density at radius 3 is 2.17 bits per heavy atom. The van der Waals surface area contributed by atoms with Gasteiger partial charge in [-0.15, -0.1) is 0 Å². The summed E-state index contributed by atoms with van der Waals surface area (Å²) in [7, 11) is 0. The van der Waals surface area contributed by atoms with Crippen LogP contribution < -0.4 is 0 Å². The Morgan fingerprint density at radius 2 is 1.52 bits per heavy atom. The molecule has 0 aromatic rings. The van der Waals surface area contributed by atoms with Gasteiger partial charge in [0.05, 0.1) is 11.5 Å². The van der Waals surface area contributed by atoms with Crippen molar-refractivity contribution in [2.45, 2.75) is 119 Å². The molecular formula is C36H60N2O2. The average molecular weight is 553 g/mol. The highest BCUT2D eigenvalue weighted by molar-refractivity contribution is 5.84. The number of carbonyl (C=O) groups excluding carboxylic acids is 1. The van der Waals surface area contributed by atoms with Crippen molar-refractivity contribution < 1.29 is 9.90 Å². The van der Waals surface area contributed by atoms with Gasteiger partial charge in [-0.05, 0) is 129 Å². The molecular weight excluding hydrogens is 492 g/mol. The number of carbonyl (C=O) groups is 1. The molecule has 10 atom stereocenters. The molecule has 1 heterocycles. The molecule has 226 valence electrons. The highest BCUT2D eigenvalue weighted by atomic mass is 16.3. The van der Waals surface area contributed by atoms with E-state index in [0.717, 1.165) is 58.4 Å². The maximum Gasteiger partial charge on any atom is 0.229 e. The molecule has 5 aliphatic carbocycles. The molecule has 1 N–H and O–H groups in total. The van der Waals surface area contributed by atoms with Crippen molar-refractivity contribution in [3.05, 3.63) is 12.2 Å². The fourth-order valence-electron chi connectivity index (χ4n) is 13.1. The predicted octanol–water partition coefficient (Wildman–Crippen LogP) is 7.17. The van der Waals surface area contributed by atoms with Gasteiger partial charge in [0.1, 0.15) is 0 Å². The molecule has 6 aliphatic rings. The third-order valence-electron chi connectivity index (χ3n) is 15.6. The first-order valence-corrected chi connectivity index (χ1v) is 17.1.